The van der Waals surface area contributed by atoms with Gasteiger partial charge < -0.3 is 5.32 Å². The summed E-state index contributed by atoms with van der Waals surface area (Å²) in [7, 11) is 1.79. The van der Waals surface area contributed by atoms with Crippen LogP contribution in [0.1, 0.15) is 34.1 Å². The summed E-state index contributed by atoms with van der Waals surface area (Å²) in [6.45, 7) is 11.3. The number of nitrogens with one attached hydrogen (secondary N) is 1. The van der Waals surface area contributed by atoms with Crippen molar-refractivity contribution in [2.45, 2.75) is 34.1 Å². The van der Waals surface area contributed by atoms with Gasteiger partial charge in [0, 0.05) is 24.7 Å². The number of Topliss-reactive ketones (excluding diaryl/α,β-unsaturated/α-hetero) is 1. The van der Waals surface area contributed by atoms with Gasteiger partial charge in [0.2, 0.25) is 0 Å². The molecule has 0 aromatic rings. The standard InChI is InChI=1S/C11H17NO.C2H6/c1-5-8-10(12-4)9(6-2)11(13)7-3;1-2/h5-6,8,12H,1,7H2,2-4H3;1-2H3/b9-6+,10-8+;. The van der Waals surface area contributed by atoms with Crippen LogP contribution in [0.25, 0.3) is 0 Å². The van der Waals surface area contributed by atoms with Gasteiger partial charge in [-0.15, -0.1) is 0 Å². The molecule has 0 rings (SSSR count). The Balaban J connectivity index is 0. The molecule has 0 bridgehead atoms. The molecule has 2 heteroatoms. The molecule has 0 aliphatic heterocycles. The highest BCUT2D eigenvalue weighted by Crippen LogP contribution is 2.09. The second-order valence-electron chi connectivity index (χ2n) is 2.55. The van der Waals surface area contributed by atoms with E-state index < -0.39 is 0 Å². The first-order valence-corrected chi connectivity index (χ1v) is 5.41. The zero-order valence-electron chi connectivity index (χ0n) is 10.6. The first-order valence-electron chi connectivity index (χ1n) is 5.41. The Morgan fingerprint density at radius 3 is 2.20 bits per heavy atom. The molecule has 86 valence electrons. The summed E-state index contributed by atoms with van der Waals surface area (Å²) in [4.78, 5) is 11.4. The van der Waals surface area contributed by atoms with Gasteiger partial charge in [-0.05, 0) is 13.0 Å². The molecule has 0 saturated carbocycles. The van der Waals surface area contributed by atoms with Crippen molar-refractivity contribution in [3.8, 4) is 0 Å². The Kier molecular flexibility index (Phi) is 11.6. The number of rotatable bonds is 5. The van der Waals surface area contributed by atoms with E-state index in [4.69, 9.17) is 0 Å². The Labute approximate surface area is 93.8 Å². The number of ketones is 1. The fraction of sp³-hybridized carbons (Fsp3) is 0.462. The highest BCUT2D eigenvalue weighted by atomic mass is 16.1. The third kappa shape index (κ3) is 5.89. The summed E-state index contributed by atoms with van der Waals surface area (Å²) < 4.78 is 0. The predicted octanol–water partition coefficient (Wildman–Crippen LogP) is 3.23. The molecule has 0 aromatic carbocycles. The van der Waals surface area contributed by atoms with Gasteiger partial charge in [-0.3, -0.25) is 4.79 Å². The molecule has 0 unspecified atom stereocenters. The van der Waals surface area contributed by atoms with Crippen LogP contribution >= 0.6 is 0 Å². The number of allylic oxidation sites excluding steroid dienone is 4. The van der Waals surface area contributed by atoms with Crippen LogP contribution in [0.5, 0.6) is 0 Å². The van der Waals surface area contributed by atoms with E-state index in [0.29, 0.717) is 6.42 Å². The van der Waals surface area contributed by atoms with Gasteiger partial charge in [0.1, 0.15) is 0 Å². The van der Waals surface area contributed by atoms with Crippen molar-refractivity contribution in [1.29, 1.82) is 0 Å². The van der Waals surface area contributed by atoms with Gasteiger partial charge in [-0.25, -0.2) is 0 Å². The summed E-state index contributed by atoms with van der Waals surface area (Å²) >= 11 is 0. The fourth-order valence-electron chi connectivity index (χ4n) is 1.08. The monoisotopic (exact) mass is 209 g/mol. The van der Waals surface area contributed by atoms with E-state index in [2.05, 4.69) is 11.9 Å². The molecule has 0 atom stereocenters. The number of hydrogen-bond donors (Lipinski definition) is 1. The molecule has 0 aromatic heterocycles. The summed E-state index contributed by atoms with van der Waals surface area (Å²) in [6, 6.07) is 0. The van der Waals surface area contributed by atoms with E-state index in [0.717, 1.165) is 11.3 Å². The van der Waals surface area contributed by atoms with Crippen LogP contribution in [-0.4, -0.2) is 12.8 Å². The predicted molar refractivity (Wildman–Crippen MR) is 67.7 cm³/mol. The number of carbonyl (C=O) groups is 1. The number of hydrogen-bond acceptors (Lipinski definition) is 2. The van der Waals surface area contributed by atoms with E-state index in [9.17, 15) is 4.79 Å². The molecule has 0 fully saturated rings. The quantitative estimate of drug-likeness (QED) is 0.556. The second-order valence-corrected chi connectivity index (χ2v) is 2.55. The highest BCUT2D eigenvalue weighted by Gasteiger charge is 2.09. The molecule has 0 saturated heterocycles. The lowest BCUT2D eigenvalue weighted by Crippen LogP contribution is -2.14. The molecule has 15 heavy (non-hydrogen) atoms. The fourth-order valence-corrected chi connectivity index (χ4v) is 1.08. The van der Waals surface area contributed by atoms with Crippen molar-refractivity contribution >= 4 is 5.78 Å². The van der Waals surface area contributed by atoms with Crippen LogP contribution in [0, 0.1) is 0 Å². The van der Waals surface area contributed by atoms with Crippen molar-refractivity contribution in [3.05, 3.63) is 36.1 Å². The Morgan fingerprint density at radius 1 is 1.40 bits per heavy atom. The van der Waals surface area contributed by atoms with Gasteiger partial charge >= 0.3 is 0 Å². The lowest BCUT2D eigenvalue weighted by molar-refractivity contribution is -0.115. The van der Waals surface area contributed by atoms with Gasteiger partial charge in [-0.2, -0.15) is 0 Å². The van der Waals surface area contributed by atoms with Crippen molar-refractivity contribution in [2.75, 3.05) is 7.05 Å². The van der Waals surface area contributed by atoms with Crippen LogP contribution in [-0.2, 0) is 4.79 Å². The molecule has 1 N–H and O–H groups in total. The maximum atomic E-state index is 11.4. The molecular formula is C13H23NO. The van der Waals surface area contributed by atoms with Crippen molar-refractivity contribution in [1.82, 2.24) is 5.32 Å². The van der Waals surface area contributed by atoms with Crippen LogP contribution in [0.4, 0.5) is 0 Å². The summed E-state index contributed by atoms with van der Waals surface area (Å²) in [5.41, 5.74) is 1.55. The average Bonchev–Trinajstić information content (AvgIpc) is 2.31. The molecular weight excluding hydrogens is 186 g/mol. The molecule has 0 aliphatic carbocycles. The van der Waals surface area contributed by atoms with E-state index in [-0.39, 0.29) is 5.78 Å². The van der Waals surface area contributed by atoms with E-state index in [1.807, 2.05) is 33.8 Å². The van der Waals surface area contributed by atoms with Crippen LogP contribution in [0.15, 0.2) is 36.1 Å². The Morgan fingerprint density at radius 2 is 1.93 bits per heavy atom. The summed E-state index contributed by atoms with van der Waals surface area (Å²) in [5, 5.41) is 2.97. The van der Waals surface area contributed by atoms with E-state index in [1.165, 1.54) is 0 Å². The lowest BCUT2D eigenvalue weighted by Gasteiger charge is -2.08. The maximum absolute atomic E-state index is 11.4. The number of likely N-dealkylation sites (N-methyl/N-ethyl adjacent to an activating group) is 1. The first-order chi connectivity index (χ1) is 7.21. The summed E-state index contributed by atoms with van der Waals surface area (Å²) in [5.74, 6) is 0.143. The van der Waals surface area contributed by atoms with E-state index >= 15 is 0 Å². The van der Waals surface area contributed by atoms with Crippen molar-refractivity contribution in [3.63, 3.8) is 0 Å². The minimum Gasteiger partial charge on any atom is -0.388 e. The Hall–Kier alpha value is -1.31. The van der Waals surface area contributed by atoms with Crippen LogP contribution < -0.4 is 5.32 Å². The zero-order chi connectivity index (χ0) is 12.3. The minimum atomic E-state index is 0.143. The molecule has 0 aliphatic rings. The van der Waals surface area contributed by atoms with Gasteiger partial charge in [0.05, 0.1) is 0 Å². The molecule has 0 amide bonds. The van der Waals surface area contributed by atoms with Crippen LogP contribution in [0.2, 0.25) is 0 Å². The Bertz CT molecular complexity index is 249. The minimum absolute atomic E-state index is 0.143. The second kappa shape index (κ2) is 10.8. The average molecular weight is 209 g/mol. The molecule has 2 nitrogen and oxygen atoms in total. The lowest BCUT2D eigenvalue weighted by atomic mass is 10.1. The molecule has 0 radical (unpaired) electrons. The normalized spacial score (nSPS) is 11.3. The largest absolute Gasteiger partial charge is 0.388 e. The summed E-state index contributed by atoms with van der Waals surface area (Å²) in [6.07, 6.45) is 5.80. The third-order valence-corrected chi connectivity index (χ3v) is 1.75. The van der Waals surface area contributed by atoms with Gasteiger partial charge in [-0.1, -0.05) is 39.5 Å². The topological polar surface area (TPSA) is 29.1 Å². The zero-order valence-corrected chi connectivity index (χ0v) is 10.6. The molecule has 0 spiro atoms. The maximum Gasteiger partial charge on any atom is 0.164 e. The first kappa shape index (κ1) is 16.1. The van der Waals surface area contributed by atoms with Gasteiger partial charge in [0.15, 0.2) is 5.78 Å². The third-order valence-electron chi connectivity index (χ3n) is 1.75. The smallest absolute Gasteiger partial charge is 0.164 e. The van der Waals surface area contributed by atoms with Crippen molar-refractivity contribution < 1.29 is 4.79 Å². The van der Waals surface area contributed by atoms with Gasteiger partial charge in [0.25, 0.3) is 0 Å². The van der Waals surface area contributed by atoms with Crippen molar-refractivity contribution in [2.24, 2.45) is 0 Å². The van der Waals surface area contributed by atoms with Crippen LogP contribution in [0.3, 0.4) is 0 Å². The molecule has 0 heterocycles. The highest BCUT2D eigenvalue weighted by molar-refractivity contribution is 5.99. The van der Waals surface area contributed by atoms with E-state index in [1.54, 1.807) is 19.2 Å². The number of carbonyl (C=O) groups excluding carboxylic acids is 1. The SMILES string of the molecule is C=C/C=C(NC)\C(=C/C)C(=O)CC.CC.